The number of ketones is 1. The zero-order valence-electron chi connectivity index (χ0n) is 12.3. The van der Waals surface area contributed by atoms with Gasteiger partial charge in [0, 0.05) is 11.5 Å². The monoisotopic (exact) mass is 258 g/mol. The number of Topliss-reactive ketones (excluding diaryl/α,β-unsaturated/α-hetero) is 1. The van der Waals surface area contributed by atoms with Crippen molar-refractivity contribution in [2.24, 2.45) is 11.8 Å². The van der Waals surface area contributed by atoms with E-state index in [1.165, 1.54) is 31.2 Å². The van der Waals surface area contributed by atoms with E-state index in [0.717, 1.165) is 24.8 Å². The molecule has 1 aromatic rings. The highest BCUT2D eigenvalue weighted by Crippen LogP contribution is 2.26. The fourth-order valence-corrected chi connectivity index (χ4v) is 3.05. The van der Waals surface area contributed by atoms with Gasteiger partial charge >= 0.3 is 0 Å². The van der Waals surface area contributed by atoms with Crippen LogP contribution in [0, 0.1) is 11.8 Å². The van der Waals surface area contributed by atoms with Crippen LogP contribution >= 0.6 is 0 Å². The molecule has 0 unspecified atom stereocenters. The van der Waals surface area contributed by atoms with Crippen molar-refractivity contribution in [1.82, 2.24) is 0 Å². The van der Waals surface area contributed by atoms with Crippen LogP contribution in [0.2, 0.25) is 0 Å². The lowest BCUT2D eigenvalue weighted by molar-refractivity contribution is 0.0908. The van der Waals surface area contributed by atoms with Crippen LogP contribution in [0.4, 0.5) is 0 Å². The lowest BCUT2D eigenvalue weighted by atomic mass is 9.90. The number of hydrogen-bond donors (Lipinski definition) is 0. The first kappa shape index (κ1) is 14.3. The molecule has 0 radical (unpaired) electrons. The van der Waals surface area contributed by atoms with Gasteiger partial charge in [0.2, 0.25) is 0 Å². The molecule has 0 bridgehead atoms. The maximum Gasteiger partial charge on any atom is 0.165 e. The maximum absolute atomic E-state index is 12.5. The molecule has 0 spiro atoms. The molecule has 19 heavy (non-hydrogen) atoms. The van der Waals surface area contributed by atoms with Crippen molar-refractivity contribution in [1.29, 1.82) is 0 Å². The summed E-state index contributed by atoms with van der Waals surface area (Å²) < 4.78 is 0. The summed E-state index contributed by atoms with van der Waals surface area (Å²) >= 11 is 0. The largest absolute Gasteiger partial charge is 0.294 e. The van der Waals surface area contributed by atoms with Crippen LogP contribution < -0.4 is 0 Å². The van der Waals surface area contributed by atoms with Crippen molar-refractivity contribution < 1.29 is 4.79 Å². The summed E-state index contributed by atoms with van der Waals surface area (Å²) in [5.41, 5.74) is 2.26. The van der Waals surface area contributed by atoms with Crippen molar-refractivity contribution in [3.63, 3.8) is 0 Å². The Morgan fingerprint density at radius 3 is 2.16 bits per heavy atom. The summed E-state index contributed by atoms with van der Waals surface area (Å²) in [6.07, 6.45) is 8.33. The predicted octanol–water partition coefficient (Wildman–Crippen LogP) is 5.04. The molecule has 1 heteroatoms. The van der Waals surface area contributed by atoms with E-state index in [9.17, 15) is 4.79 Å². The SMILES string of the molecule is CC(C)Cc1ccc(C(=O)C2CCCCCC2)cc1. The van der Waals surface area contributed by atoms with Crippen LogP contribution in [-0.2, 0) is 6.42 Å². The molecular weight excluding hydrogens is 232 g/mol. The summed E-state index contributed by atoms with van der Waals surface area (Å²) in [7, 11) is 0. The Labute approximate surface area is 117 Å². The van der Waals surface area contributed by atoms with Crippen LogP contribution in [0.15, 0.2) is 24.3 Å². The molecule has 0 aliphatic heterocycles. The van der Waals surface area contributed by atoms with E-state index in [-0.39, 0.29) is 5.92 Å². The fraction of sp³-hybridized carbons (Fsp3) is 0.611. The summed E-state index contributed by atoms with van der Waals surface area (Å²) in [4.78, 5) is 12.5. The number of benzene rings is 1. The lowest BCUT2D eigenvalue weighted by Gasteiger charge is -2.13. The Balaban J connectivity index is 2.02. The first-order valence-corrected chi connectivity index (χ1v) is 7.80. The van der Waals surface area contributed by atoms with Gasteiger partial charge in [-0.05, 0) is 30.7 Å². The van der Waals surface area contributed by atoms with Gasteiger partial charge in [-0.1, -0.05) is 63.8 Å². The minimum Gasteiger partial charge on any atom is -0.294 e. The molecule has 1 aliphatic rings. The second-order valence-electron chi connectivity index (χ2n) is 6.35. The van der Waals surface area contributed by atoms with Gasteiger partial charge < -0.3 is 0 Å². The predicted molar refractivity (Wildman–Crippen MR) is 80.5 cm³/mol. The fourth-order valence-electron chi connectivity index (χ4n) is 3.05. The second kappa shape index (κ2) is 6.88. The van der Waals surface area contributed by atoms with E-state index in [0.29, 0.717) is 11.7 Å². The highest BCUT2D eigenvalue weighted by molar-refractivity contribution is 5.97. The average Bonchev–Trinajstić information content (AvgIpc) is 2.67. The van der Waals surface area contributed by atoms with Gasteiger partial charge in [-0.3, -0.25) is 4.79 Å². The van der Waals surface area contributed by atoms with E-state index in [1.807, 2.05) is 12.1 Å². The summed E-state index contributed by atoms with van der Waals surface area (Å²) in [6.45, 7) is 4.45. The highest BCUT2D eigenvalue weighted by Gasteiger charge is 2.21. The van der Waals surface area contributed by atoms with Crippen LogP contribution in [0.25, 0.3) is 0 Å². The highest BCUT2D eigenvalue weighted by atomic mass is 16.1. The lowest BCUT2D eigenvalue weighted by Crippen LogP contribution is -2.14. The first-order valence-electron chi connectivity index (χ1n) is 7.80. The van der Waals surface area contributed by atoms with Crippen LogP contribution in [0.5, 0.6) is 0 Å². The average molecular weight is 258 g/mol. The van der Waals surface area contributed by atoms with Crippen LogP contribution in [0.3, 0.4) is 0 Å². The summed E-state index contributed by atoms with van der Waals surface area (Å²) in [5.74, 6) is 1.32. The zero-order valence-corrected chi connectivity index (χ0v) is 12.3. The summed E-state index contributed by atoms with van der Waals surface area (Å²) in [6, 6.07) is 8.32. The van der Waals surface area contributed by atoms with E-state index in [4.69, 9.17) is 0 Å². The van der Waals surface area contributed by atoms with Gasteiger partial charge in [0.05, 0.1) is 0 Å². The molecule has 1 aromatic carbocycles. The van der Waals surface area contributed by atoms with E-state index < -0.39 is 0 Å². The molecule has 0 amide bonds. The van der Waals surface area contributed by atoms with Crippen molar-refractivity contribution >= 4 is 5.78 Å². The molecule has 1 saturated carbocycles. The number of carbonyl (C=O) groups is 1. The Morgan fingerprint density at radius 1 is 1.05 bits per heavy atom. The molecule has 0 heterocycles. The number of hydrogen-bond acceptors (Lipinski definition) is 1. The number of rotatable bonds is 4. The van der Waals surface area contributed by atoms with Crippen molar-refractivity contribution in [2.75, 3.05) is 0 Å². The first-order chi connectivity index (χ1) is 9.16. The molecule has 1 nitrogen and oxygen atoms in total. The van der Waals surface area contributed by atoms with Gasteiger partial charge in [-0.2, -0.15) is 0 Å². The Morgan fingerprint density at radius 2 is 1.63 bits per heavy atom. The molecule has 0 aromatic heterocycles. The van der Waals surface area contributed by atoms with Crippen molar-refractivity contribution in [3.05, 3.63) is 35.4 Å². The van der Waals surface area contributed by atoms with Gasteiger partial charge in [-0.15, -0.1) is 0 Å². The zero-order chi connectivity index (χ0) is 13.7. The van der Waals surface area contributed by atoms with Gasteiger partial charge in [0.25, 0.3) is 0 Å². The maximum atomic E-state index is 12.5. The van der Waals surface area contributed by atoms with Gasteiger partial charge in [0.15, 0.2) is 5.78 Å². The Hall–Kier alpha value is -1.11. The summed E-state index contributed by atoms with van der Waals surface area (Å²) in [5, 5.41) is 0. The molecule has 2 rings (SSSR count). The molecule has 0 saturated heterocycles. The molecule has 104 valence electrons. The molecular formula is C18H26O. The third-order valence-electron chi connectivity index (χ3n) is 4.11. The molecule has 1 aliphatic carbocycles. The van der Waals surface area contributed by atoms with Gasteiger partial charge in [-0.25, -0.2) is 0 Å². The van der Waals surface area contributed by atoms with E-state index >= 15 is 0 Å². The normalized spacial score (nSPS) is 17.4. The standard InChI is InChI=1S/C18H26O/c1-14(2)13-15-9-11-17(12-10-15)18(19)16-7-5-3-4-6-8-16/h9-12,14,16H,3-8,13H2,1-2H3. The quantitative estimate of drug-likeness (QED) is 0.546. The van der Waals surface area contributed by atoms with E-state index in [2.05, 4.69) is 26.0 Å². The minimum atomic E-state index is 0.276. The third kappa shape index (κ3) is 4.19. The Bertz CT molecular complexity index is 394. The third-order valence-corrected chi connectivity index (χ3v) is 4.11. The molecule has 0 atom stereocenters. The van der Waals surface area contributed by atoms with E-state index in [1.54, 1.807) is 0 Å². The number of carbonyl (C=O) groups excluding carboxylic acids is 1. The van der Waals surface area contributed by atoms with Crippen molar-refractivity contribution in [3.8, 4) is 0 Å². The topological polar surface area (TPSA) is 17.1 Å². The molecule has 0 N–H and O–H groups in total. The second-order valence-corrected chi connectivity index (χ2v) is 6.35. The van der Waals surface area contributed by atoms with Crippen LogP contribution in [-0.4, -0.2) is 5.78 Å². The molecule has 1 fully saturated rings. The Kier molecular flexibility index (Phi) is 5.18. The smallest absolute Gasteiger partial charge is 0.165 e. The minimum absolute atomic E-state index is 0.276. The van der Waals surface area contributed by atoms with Crippen molar-refractivity contribution in [2.45, 2.75) is 58.8 Å². The van der Waals surface area contributed by atoms with Gasteiger partial charge in [0.1, 0.15) is 0 Å². The van der Waals surface area contributed by atoms with Crippen LogP contribution in [0.1, 0.15) is 68.3 Å².